The average molecular weight is 437 g/mol. The van der Waals surface area contributed by atoms with Gasteiger partial charge in [-0.05, 0) is 25.5 Å². The van der Waals surface area contributed by atoms with E-state index >= 15 is 0 Å². The minimum atomic E-state index is -3.64. The van der Waals surface area contributed by atoms with Crippen LogP contribution in [0.15, 0.2) is 29.2 Å². The largest absolute Gasteiger partial charge is 0.493 e. The quantitative estimate of drug-likeness (QED) is 0.621. The molecule has 1 aromatic carbocycles. The van der Waals surface area contributed by atoms with Gasteiger partial charge in [0.25, 0.3) is 0 Å². The van der Waals surface area contributed by atoms with Crippen LogP contribution >= 0.6 is 0 Å². The Kier molecular flexibility index (Phi) is 6.99. The summed E-state index contributed by atoms with van der Waals surface area (Å²) in [5.74, 6) is 2.78. The van der Waals surface area contributed by atoms with E-state index in [-0.39, 0.29) is 4.90 Å². The molecule has 1 saturated heterocycles. The Morgan fingerprint density at radius 1 is 1.00 bits per heavy atom. The van der Waals surface area contributed by atoms with E-state index in [0.717, 1.165) is 12.2 Å². The number of aryl methyl sites for hydroxylation is 1. The summed E-state index contributed by atoms with van der Waals surface area (Å²) in [5.41, 5.74) is 0. The van der Waals surface area contributed by atoms with Gasteiger partial charge in [0.15, 0.2) is 11.5 Å². The highest BCUT2D eigenvalue weighted by Gasteiger charge is 2.30. The molecule has 1 aromatic heterocycles. The van der Waals surface area contributed by atoms with Crippen LogP contribution in [0.4, 0.5) is 5.82 Å². The molecule has 0 aliphatic carbocycles. The van der Waals surface area contributed by atoms with E-state index in [1.807, 2.05) is 18.7 Å². The van der Waals surface area contributed by atoms with Crippen molar-refractivity contribution < 1.29 is 22.6 Å². The lowest BCUT2D eigenvalue weighted by molar-refractivity contribution is 0.303. The first-order valence-corrected chi connectivity index (χ1v) is 11.3. The van der Waals surface area contributed by atoms with Crippen molar-refractivity contribution >= 4 is 15.8 Å². The SMILES string of the molecule is CCCOc1cc(N2CCN(S(=O)(=O)c3ccc(OC)c(OC)c3)CC2)nc(C)n1. The number of nitrogens with zero attached hydrogens (tertiary/aromatic N) is 4. The lowest BCUT2D eigenvalue weighted by Gasteiger charge is -2.34. The van der Waals surface area contributed by atoms with Gasteiger partial charge in [-0.1, -0.05) is 6.92 Å². The Hall–Kier alpha value is -2.59. The van der Waals surface area contributed by atoms with Gasteiger partial charge in [-0.3, -0.25) is 0 Å². The van der Waals surface area contributed by atoms with Crippen LogP contribution in [0.5, 0.6) is 17.4 Å². The molecule has 0 bridgehead atoms. The highest BCUT2D eigenvalue weighted by molar-refractivity contribution is 7.89. The molecule has 0 atom stereocenters. The number of aromatic nitrogens is 2. The van der Waals surface area contributed by atoms with Gasteiger partial charge < -0.3 is 19.1 Å². The average Bonchev–Trinajstić information content (AvgIpc) is 2.76. The third-order valence-corrected chi connectivity index (χ3v) is 6.71. The first-order valence-electron chi connectivity index (χ1n) is 9.84. The number of hydrogen-bond donors (Lipinski definition) is 0. The molecular formula is C20H28N4O5S. The molecule has 164 valence electrons. The summed E-state index contributed by atoms with van der Waals surface area (Å²) in [5, 5.41) is 0. The number of rotatable bonds is 8. The predicted octanol–water partition coefficient (Wildman–Crippen LogP) is 2.10. The standard InChI is InChI=1S/C20H28N4O5S/c1-5-12-29-20-14-19(21-15(2)22-20)23-8-10-24(11-9-23)30(25,26)16-6-7-17(27-3)18(13-16)28-4/h6-7,13-14H,5,8-12H2,1-4H3. The first-order chi connectivity index (χ1) is 14.4. The van der Waals surface area contributed by atoms with Crippen molar-refractivity contribution in [3.8, 4) is 17.4 Å². The fourth-order valence-corrected chi connectivity index (χ4v) is 4.69. The van der Waals surface area contributed by atoms with Crippen molar-refractivity contribution in [2.24, 2.45) is 0 Å². The van der Waals surface area contributed by atoms with Gasteiger partial charge in [0, 0.05) is 38.3 Å². The molecule has 1 fully saturated rings. The number of methoxy groups -OCH3 is 2. The molecule has 3 rings (SSSR count). The molecule has 0 spiro atoms. The van der Waals surface area contributed by atoms with Crippen LogP contribution in [-0.4, -0.2) is 69.7 Å². The topological polar surface area (TPSA) is 94.1 Å². The smallest absolute Gasteiger partial charge is 0.243 e. The van der Waals surface area contributed by atoms with E-state index in [4.69, 9.17) is 14.2 Å². The van der Waals surface area contributed by atoms with Crippen molar-refractivity contribution in [3.63, 3.8) is 0 Å². The molecule has 30 heavy (non-hydrogen) atoms. The van der Waals surface area contributed by atoms with Gasteiger partial charge in [-0.25, -0.2) is 13.4 Å². The second-order valence-corrected chi connectivity index (χ2v) is 8.81. The second-order valence-electron chi connectivity index (χ2n) is 6.87. The minimum Gasteiger partial charge on any atom is -0.493 e. The van der Waals surface area contributed by atoms with Crippen LogP contribution < -0.4 is 19.1 Å². The Bertz CT molecular complexity index is 975. The third-order valence-electron chi connectivity index (χ3n) is 4.81. The van der Waals surface area contributed by atoms with Crippen LogP contribution in [0.3, 0.4) is 0 Å². The lowest BCUT2D eigenvalue weighted by Crippen LogP contribution is -2.49. The number of piperazine rings is 1. The highest BCUT2D eigenvalue weighted by Crippen LogP contribution is 2.31. The fourth-order valence-electron chi connectivity index (χ4n) is 3.25. The Morgan fingerprint density at radius 2 is 1.70 bits per heavy atom. The first kappa shape index (κ1) is 22.1. The van der Waals surface area contributed by atoms with Crippen molar-refractivity contribution in [2.75, 3.05) is 51.9 Å². The van der Waals surface area contributed by atoms with E-state index in [9.17, 15) is 8.42 Å². The van der Waals surface area contributed by atoms with Gasteiger partial charge >= 0.3 is 0 Å². The van der Waals surface area contributed by atoms with Crippen molar-refractivity contribution in [1.29, 1.82) is 0 Å². The monoisotopic (exact) mass is 436 g/mol. The Labute approximate surface area is 177 Å². The van der Waals surface area contributed by atoms with Gasteiger partial charge in [0.2, 0.25) is 15.9 Å². The molecule has 0 amide bonds. The zero-order valence-corrected chi connectivity index (χ0v) is 18.6. The summed E-state index contributed by atoms with van der Waals surface area (Å²) in [7, 11) is -0.646. The van der Waals surface area contributed by atoms with Crippen LogP contribution in [0, 0.1) is 6.92 Å². The van der Waals surface area contributed by atoms with Crippen molar-refractivity contribution in [2.45, 2.75) is 25.2 Å². The number of benzene rings is 1. The summed E-state index contributed by atoms with van der Waals surface area (Å²) in [4.78, 5) is 11.0. The van der Waals surface area contributed by atoms with Gasteiger partial charge in [0.05, 0.1) is 25.7 Å². The van der Waals surface area contributed by atoms with E-state index in [1.165, 1.54) is 30.7 Å². The second kappa shape index (κ2) is 9.48. The summed E-state index contributed by atoms with van der Waals surface area (Å²) in [6.45, 7) is 6.20. The highest BCUT2D eigenvalue weighted by atomic mass is 32.2. The Morgan fingerprint density at radius 3 is 2.33 bits per heavy atom. The predicted molar refractivity (Wildman–Crippen MR) is 113 cm³/mol. The molecule has 2 heterocycles. The van der Waals surface area contributed by atoms with Crippen LogP contribution in [-0.2, 0) is 10.0 Å². The number of hydrogen-bond acceptors (Lipinski definition) is 8. The summed E-state index contributed by atoms with van der Waals surface area (Å²) >= 11 is 0. The third kappa shape index (κ3) is 4.76. The molecule has 0 radical (unpaired) electrons. The van der Waals surface area contributed by atoms with Crippen LogP contribution in [0.25, 0.3) is 0 Å². The normalized spacial score (nSPS) is 15.1. The van der Waals surface area contributed by atoms with E-state index in [0.29, 0.717) is 56.0 Å². The van der Waals surface area contributed by atoms with Crippen LogP contribution in [0.2, 0.25) is 0 Å². The number of sulfonamides is 1. The van der Waals surface area contributed by atoms with E-state index in [1.54, 1.807) is 12.1 Å². The van der Waals surface area contributed by atoms with Gasteiger partial charge in [-0.2, -0.15) is 9.29 Å². The molecule has 1 aliphatic rings. The molecule has 0 unspecified atom stereocenters. The number of anilines is 1. The molecule has 0 N–H and O–H groups in total. The maximum atomic E-state index is 13.1. The van der Waals surface area contributed by atoms with Gasteiger partial charge in [0.1, 0.15) is 11.6 Å². The molecular weight excluding hydrogens is 408 g/mol. The lowest BCUT2D eigenvalue weighted by atomic mass is 10.3. The maximum absolute atomic E-state index is 13.1. The molecule has 9 nitrogen and oxygen atoms in total. The van der Waals surface area contributed by atoms with Crippen molar-refractivity contribution in [3.05, 3.63) is 30.1 Å². The fraction of sp³-hybridized carbons (Fsp3) is 0.500. The zero-order chi connectivity index (χ0) is 21.7. The zero-order valence-electron chi connectivity index (χ0n) is 17.8. The molecule has 2 aromatic rings. The number of ether oxygens (including phenoxy) is 3. The summed E-state index contributed by atoms with van der Waals surface area (Å²) in [6.07, 6.45) is 0.894. The molecule has 10 heteroatoms. The molecule has 1 aliphatic heterocycles. The summed E-state index contributed by atoms with van der Waals surface area (Å²) in [6, 6.07) is 6.43. The summed E-state index contributed by atoms with van der Waals surface area (Å²) < 4.78 is 43.7. The molecule has 0 saturated carbocycles. The van der Waals surface area contributed by atoms with Gasteiger partial charge in [-0.15, -0.1) is 0 Å². The van der Waals surface area contributed by atoms with Crippen LogP contribution in [0.1, 0.15) is 19.2 Å². The maximum Gasteiger partial charge on any atom is 0.243 e. The van der Waals surface area contributed by atoms with E-state index in [2.05, 4.69) is 9.97 Å². The Balaban J connectivity index is 1.73. The van der Waals surface area contributed by atoms with Crippen molar-refractivity contribution in [1.82, 2.24) is 14.3 Å². The van der Waals surface area contributed by atoms with E-state index < -0.39 is 10.0 Å². The minimum absolute atomic E-state index is 0.182.